The summed E-state index contributed by atoms with van der Waals surface area (Å²) in [5, 5.41) is 6.82. The predicted molar refractivity (Wildman–Crippen MR) is 82.2 cm³/mol. The lowest BCUT2D eigenvalue weighted by Gasteiger charge is -2.16. The molecular formula is C15H26N4O. The van der Waals surface area contributed by atoms with Crippen molar-refractivity contribution in [1.82, 2.24) is 15.3 Å². The predicted octanol–water partition coefficient (Wildman–Crippen LogP) is 2.06. The molecule has 0 spiro atoms. The molecule has 0 amide bonds. The van der Waals surface area contributed by atoms with Gasteiger partial charge in [-0.1, -0.05) is 32.6 Å². The summed E-state index contributed by atoms with van der Waals surface area (Å²) in [6.07, 6.45) is 8.79. The highest BCUT2D eigenvalue weighted by Gasteiger charge is 2.10. The van der Waals surface area contributed by atoms with E-state index in [0.717, 1.165) is 25.3 Å². The van der Waals surface area contributed by atoms with E-state index in [4.69, 9.17) is 0 Å². The Balaban J connectivity index is 1.72. The number of rotatable bonds is 6. The lowest BCUT2D eigenvalue weighted by molar-refractivity contribution is 0.468. The SMILES string of the molecule is CCc1nc(NCCNC2CCCCCC2)cc(=O)[nH]1. The molecule has 0 bridgehead atoms. The van der Waals surface area contributed by atoms with Gasteiger partial charge in [-0.2, -0.15) is 0 Å². The summed E-state index contributed by atoms with van der Waals surface area (Å²) >= 11 is 0. The van der Waals surface area contributed by atoms with Gasteiger partial charge >= 0.3 is 0 Å². The summed E-state index contributed by atoms with van der Waals surface area (Å²) in [4.78, 5) is 18.5. The van der Waals surface area contributed by atoms with Crippen molar-refractivity contribution in [3.05, 3.63) is 22.2 Å². The lowest BCUT2D eigenvalue weighted by atomic mass is 10.1. The first kappa shape index (κ1) is 15.0. The second kappa shape index (κ2) is 8.04. The molecule has 1 aromatic heterocycles. The molecule has 1 saturated carbocycles. The summed E-state index contributed by atoms with van der Waals surface area (Å²) in [5.74, 6) is 1.41. The van der Waals surface area contributed by atoms with Crippen LogP contribution in [-0.2, 0) is 6.42 Å². The number of anilines is 1. The Hall–Kier alpha value is -1.36. The minimum atomic E-state index is -0.0870. The van der Waals surface area contributed by atoms with Gasteiger partial charge in [0.2, 0.25) is 0 Å². The van der Waals surface area contributed by atoms with Gasteiger partial charge in [0.15, 0.2) is 0 Å². The van der Waals surface area contributed by atoms with Gasteiger partial charge in [0.25, 0.3) is 5.56 Å². The number of nitrogens with zero attached hydrogens (tertiary/aromatic N) is 1. The van der Waals surface area contributed by atoms with Gasteiger partial charge in [-0.05, 0) is 12.8 Å². The number of aromatic amines is 1. The Labute approximate surface area is 120 Å². The van der Waals surface area contributed by atoms with Gasteiger partial charge in [0.1, 0.15) is 11.6 Å². The molecule has 2 rings (SSSR count). The van der Waals surface area contributed by atoms with E-state index in [9.17, 15) is 4.79 Å². The molecule has 1 heterocycles. The van der Waals surface area contributed by atoms with Crippen molar-refractivity contribution in [1.29, 1.82) is 0 Å². The molecule has 3 N–H and O–H groups in total. The minimum absolute atomic E-state index is 0.0870. The van der Waals surface area contributed by atoms with Crippen LogP contribution >= 0.6 is 0 Å². The van der Waals surface area contributed by atoms with Crippen LogP contribution in [0.25, 0.3) is 0 Å². The van der Waals surface area contributed by atoms with E-state index in [1.165, 1.54) is 44.6 Å². The van der Waals surface area contributed by atoms with Gasteiger partial charge < -0.3 is 15.6 Å². The second-order valence-corrected chi connectivity index (χ2v) is 5.50. The van der Waals surface area contributed by atoms with E-state index >= 15 is 0 Å². The molecule has 0 radical (unpaired) electrons. The van der Waals surface area contributed by atoms with Crippen LogP contribution in [0.15, 0.2) is 10.9 Å². The van der Waals surface area contributed by atoms with Crippen molar-refractivity contribution in [2.75, 3.05) is 18.4 Å². The number of hydrogen-bond donors (Lipinski definition) is 3. The fourth-order valence-corrected chi connectivity index (χ4v) is 2.72. The Morgan fingerprint density at radius 2 is 2.00 bits per heavy atom. The summed E-state index contributed by atoms with van der Waals surface area (Å²) in [6, 6.07) is 2.18. The third kappa shape index (κ3) is 4.96. The van der Waals surface area contributed by atoms with Crippen molar-refractivity contribution in [3.63, 3.8) is 0 Å². The smallest absolute Gasteiger partial charge is 0.252 e. The maximum Gasteiger partial charge on any atom is 0.252 e. The van der Waals surface area contributed by atoms with E-state index < -0.39 is 0 Å². The maximum atomic E-state index is 11.4. The zero-order valence-electron chi connectivity index (χ0n) is 12.4. The van der Waals surface area contributed by atoms with Crippen LogP contribution in [0.3, 0.4) is 0 Å². The fourth-order valence-electron chi connectivity index (χ4n) is 2.72. The first-order chi connectivity index (χ1) is 9.78. The summed E-state index contributed by atoms with van der Waals surface area (Å²) in [5.41, 5.74) is -0.0870. The molecule has 112 valence electrons. The number of aryl methyl sites for hydroxylation is 1. The average Bonchev–Trinajstić information content (AvgIpc) is 2.71. The molecule has 1 fully saturated rings. The highest BCUT2D eigenvalue weighted by atomic mass is 16.1. The monoisotopic (exact) mass is 278 g/mol. The Bertz CT molecular complexity index is 449. The first-order valence-corrected chi connectivity index (χ1v) is 7.85. The van der Waals surface area contributed by atoms with Gasteiger partial charge in [-0.25, -0.2) is 4.98 Å². The zero-order chi connectivity index (χ0) is 14.2. The third-order valence-electron chi connectivity index (χ3n) is 3.84. The van der Waals surface area contributed by atoms with Crippen molar-refractivity contribution in [2.45, 2.75) is 57.9 Å². The van der Waals surface area contributed by atoms with Crippen LogP contribution in [0.2, 0.25) is 0 Å². The molecule has 0 unspecified atom stereocenters. The highest BCUT2D eigenvalue weighted by molar-refractivity contribution is 5.32. The van der Waals surface area contributed by atoms with Crippen LogP contribution in [0, 0.1) is 0 Å². The number of H-pyrrole nitrogens is 1. The normalized spacial score (nSPS) is 16.9. The second-order valence-electron chi connectivity index (χ2n) is 5.50. The topological polar surface area (TPSA) is 69.8 Å². The zero-order valence-corrected chi connectivity index (χ0v) is 12.4. The first-order valence-electron chi connectivity index (χ1n) is 7.85. The van der Waals surface area contributed by atoms with Crippen molar-refractivity contribution >= 4 is 5.82 Å². The molecule has 0 aromatic carbocycles. The van der Waals surface area contributed by atoms with Crippen molar-refractivity contribution < 1.29 is 0 Å². The minimum Gasteiger partial charge on any atom is -0.369 e. The molecule has 20 heavy (non-hydrogen) atoms. The molecule has 5 heteroatoms. The molecule has 0 atom stereocenters. The van der Waals surface area contributed by atoms with Crippen LogP contribution in [-0.4, -0.2) is 29.1 Å². The van der Waals surface area contributed by atoms with Crippen molar-refractivity contribution in [2.24, 2.45) is 0 Å². The number of nitrogens with one attached hydrogen (secondary N) is 3. The summed E-state index contributed by atoms with van der Waals surface area (Å²) in [6.45, 7) is 3.70. The fraction of sp³-hybridized carbons (Fsp3) is 0.733. The maximum absolute atomic E-state index is 11.4. The quantitative estimate of drug-likeness (QED) is 0.550. The molecule has 1 aromatic rings. The molecular weight excluding hydrogens is 252 g/mol. The summed E-state index contributed by atoms with van der Waals surface area (Å²) < 4.78 is 0. The van der Waals surface area contributed by atoms with Crippen LogP contribution in [0.1, 0.15) is 51.3 Å². The number of hydrogen-bond acceptors (Lipinski definition) is 4. The standard InChI is InChI=1S/C15H26N4O/c1-2-13-18-14(11-15(20)19-13)17-10-9-16-12-7-5-3-4-6-8-12/h11-12,16H,2-10H2,1H3,(H2,17,18,19,20). The van der Waals surface area contributed by atoms with Gasteiger partial charge in [0, 0.05) is 31.6 Å². The molecule has 0 aliphatic heterocycles. The van der Waals surface area contributed by atoms with E-state index in [1.54, 1.807) is 0 Å². The molecule has 1 aliphatic carbocycles. The van der Waals surface area contributed by atoms with Crippen LogP contribution in [0.5, 0.6) is 0 Å². The van der Waals surface area contributed by atoms with Crippen LogP contribution < -0.4 is 16.2 Å². The van der Waals surface area contributed by atoms with E-state index in [1.807, 2.05) is 6.92 Å². The van der Waals surface area contributed by atoms with E-state index in [2.05, 4.69) is 20.6 Å². The Kier molecular flexibility index (Phi) is 6.05. The third-order valence-corrected chi connectivity index (χ3v) is 3.84. The van der Waals surface area contributed by atoms with E-state index in [0.29, 0.717) is 11.9 Å². The molecule has 0 saturated heterocycles. The van der Waals surface area contributed by atoms with Gasteiger partial charge in [-0.3, -0.25) is 4.79 Å². The average molecular weight is 278 g/mol. The van der Waals surface area contributed by atoms with Crippen molar-refractivity contribution in [3.8, 4) is 0 Å². The van der Waals surface area contributed by atoms with Gasteiger partial charge in [-0.15, -0.1) is 0 Å². The van der Waals surface area contributed by atoms with Gasteiger partial charge in [0.05, 0.1) is 0 Å². The Morgan fingerprint density at radius 1 is 1.25 bits per heavy atom. The molecule has 1 aliphatic rings. The largest absolute Gasteiger partial charge is 0.369 e. The lowest BCUT2D eigenvalue weighted by Crippen LogP contribution is -2.32. The Morgan fingerprint density at radius 3 is 2.70 bits per heavy atom. The molecule has 5 nitrogen and oxygen atoms in total. The summed E-state index contributed by atoms with van der Waals surface area (Å²) in [7, 11) is 0. The number of aromatic nitrogens is 2. The van der Waals surface area contributed by atoms with E-state index in [-0.39, 0.29) is 5.56 Å². The highest BCUT2D eigenvalue weighted by Crippen LogP contribution is 2.16. The van der Waals surface area contributed by atoms with Crippen LogP contribution in [0.4, 0.5) is 5.82 Å².